The molecule has 1 saturated heterocycles. The minimum absolute atomic E-state index is 0.112. The van der Waals surface area contributed by atoms with E-state index < -0.39 is 24.0 Å². The average Bonchev–Trinajstić information content (AvgIpc) is 2.62. The van der Waals surface area contributed by atoms with Gasteiger partial charge in [0.05, 0.1) is 0 Å². The van der Waals surface area contributed by atoms with Gasteiger partial charge in [-0.05, 0) is 18.6 Å². The van der Waals surface area contributed by atoms with E-state index in [4.69, 9.17) is 10.2 Å². The summed E-state index contributed by atoms with van der Waals surface area (Å²) >= 11 is 1.76. The predicted molar refractivity (Wildman–Crippen MR) is 70.3 cm³/mol. The highest BCUT2D eigenvalue weighted by molar-refractivity contribution is 7.99. The summed E-state index contributed by atoms with van der Waals surface area (Å²) in [6, 6.07) is -1.58. The van der Waals surface area contributed by atoms with Gasteiger partial charge >= 0.3 is 18.0 Å². The zero-order valence-corrected chi connectivity index (χ0v) is 11.3. The summed E-state index contributed by atoms with van der Waals surface area (Å²) in [5.74, 6) is -0.462. The molecule has 1 aliphatic rings. The second kappa shape index (κ2) is 7.88. The number of rotatable bonds is 5. The lowest BCUT2D eigenvalue weighted by Gasteiger charge is -2.23. The Kier molecular flexibility index (Phi) is 6.48. The Labute approximate surface area is 115 Å². The Morgan fingerprint density at radius 1 is 1.21 bits per heavy atom. The summed E-state index contributed by atoms with van der Waals surface area (Å²) in [7, 11) is 0. The van der Waals surface area contributed by atoms with Crippen molar-refractivity contribution >= 4 is 29.7 Å². The van der Waals surface area contributed by atoms with Crippen molar-refractivity contribution in [2.75, 3.05) is 24.6 Å². The fourth-order valence-corrected chi connectivity index (χ4v) is 2.60. The molecule has 2 amide bonds. The molecular weight excluding hydrogens is 272 g/mol. The zero-order chi connectivity index (χ0) is 14.3. The van der Waals surface area contributed by atoms with Crippen LogP contribution in [-0.2, 0) is 9.59 Å². The summed E-state index contributed by atoms with van der Waals surface area (Å²) in [4.78, 5) is 34.9. The molecule has 1 atom stereocenters. The number of carboxylic acid groups (broad SMARTS) is 2. The molecule has 1 rings (SSSR count). The van der Waals surface area contributed by atoms with Crippen molar-refractivity contribution in [1.29, 1.82) is 0 Å². The number of urea groups is 1. The maximum Gasteiger partial charge on any atom is 0.326 e. The van der Waals surface area contributed by atoms with Crippen molar-refractivity contribution < 1.29 is 24.6 Å². The van der Waals surface area contributed by atoms with Crippen LogP contribution < -0.4 is 5.32 Å². The van der Waals surface area contributed by atoms with Crippen molar-refractivity contribution in [2.45, 2.75) is 25.3 Å². The van der Waals surface area contributed by atoms with Crippen molar-refractivity contribution in [3.05, 3.63) is 0 Å². The lowest BCUT2D eigenvalue weighted by atomic mass is 10.1. The molecule has 3 N–H and O–H groups in total. The van der Waals surface area contributed by atoms with Crippen LogP contribution in [0.4, 0.5) is 4.79 Å². The normalized spacial score (nSPS) is 17.4. The highest BCUT2D eigenvalue weighted by atomic mass is 32.2. The van der Waals surface area contributed by atoms with Crippen LogP contribution in [0.15, 0.2) is 0 Å². The topological polar surface area (TPSA) is 107 Å². The van der Waals surface area contributed by atoms with Crippen LogP contribution in [0.5, 0.6) is 0 Å². The van der Waals surface area contributed by atoms with E-state index in [-0.39, 0.29) is 12.8 Å². The summed E-state index contributed by atoms with van der Waals surface area (Å²) in [6.07, 6.45) is 0.483. The SMILES string of the molecule is O=C(O)CCC(NC(=O)N1CCCSCC1)C(=O)O. The minimum Gasteiger partial charge on any atom is -0.481 e. The number of hydrogen-bond acceptors (Lipinski definition) is 4. The number of thioether (sulfide) groups is 1. The quantitative estimate of drug-likeness (QED) is 0.679. The lowest BCUT2D eigenvalue weighted by molar-refractivity contribution is -0.140. The number of carbonyl (C=O) groups is 3. The fraction of sp³-hybridized carbons (Fsp3) is 0.727. The van der Waals surface area contributed by atoms with Gasteiger partial charge in [0.25, 0.3) is 0 Å². The van der Waals surface area contributed by atoms with Gasteiger partial charge in [-0.25, -0.2) is 9.59 Å². The Bertz CT molecular complexity index is 342. The lowest BCUT2D eigenvalue weighted by Crippen LogP contribution is -2.48. The monoisotopic (exact) mass is 290 g/mol. The van der Waals surface area contributed by atoms with Crippen molar-refractivity contribution in [2.24, 2.45) is 0 Å². The number of carbonyl (C=O) groups excluding carboxylic acids is 1. The van der Waals surface area contributed by atoms with E-state index in [1.54, 1.807) is 16.7 Å². The first-order valence-electron chi connectivity index (χ1n) is 6.08. The van der Waals surface area contributed by atoms with Crippen LogP contribution in [0.3, 0.4) is 0 Å². The van der Waals surface area contributed by atoms with Gasteiger partial charge in [-0.2, -0.15) is 11.8 Å². The molecule has 0 bridgehead atoms. The van der Waals surface area contributed by atoms with Crippen LogP contribution in [0, 0.1) is 0 Å². The number of nitrogens with one attached hydrogen (secondary N) is 1. The average molecular weight is 290 g/mol. The standard InChI is InChI=1S/C11H18N2O5S/c14-9(15)3-2-8(10(16)17)12-11(18)13-4-1-6-19-7-5-13/h8H,1-7H2,(H,12,18)(H,14,15)(H,16,17). The molecular formula is C11H18N2O5S. The molecule has 1 aliphatic heterocycles. The van der Waals surface area contributed by atoms with Gasteiger partial charge in [0, 0.05) is 25.3 Å². The van der Waals surface area contributed by atoms with Gasteiger partial charge in [0.2, 0.25) is 0 Å². The maximum absolute atomic E-state index is 11.9. The molecule has 1 fully saturated rings. The summed E-state index contributed by atoms with van der Waals surface area (Å²) < 4.78 is 0. The summed E-state index contributed by atoms with van der Waals surface area (Å²) in [5.41, 5.74) is 0. The third-order valence-corrected chi connectivity index (χ3v) is 3.80. The van der Waals surface area contributed by atoms with E-state index in [0.29, 0.717) is 13.1 Å². The smallest absolute Gasteiger partial charge is 0.326 e. The van der Waals surface area contributed by atoms with Crippen LogP contribution in [-0.4, -0.2) is 63.7 Å². The van der Waals surface area contributed by atoms with Crippen LogP contribution in [0.1, 0.15) is 19.3 Å². The highest BCUT2D eigenvalue weighted by Gasteiger charge is 2.24. The first-order valence-corrected chi connectivity index (χ1v) is 7.24. The molecule has 7 nitrogen and oxygen atoms in total. The molecule has 1 unspecified atom stereocenters. The van der Waals surface area contributed by atoms with E-state index in [2.05, 4.69) is 5.32 Å². The number of carboxylic acids is 2. The van der Waals surface area contributed by atoms with Crippen LogP contribution >= 0.6 is 11.8 Å². The van der Waals surface area contributed by atoms with E-state index in [9.17, 15) is 14.4 Å². The zero-order valence-electron chi connectivity index (χ0n) is 10.5. The van der Waals surface area contributed by atoms with Gasteiger partial charge < -0.3 is 20.4 Å². The number of aliphatic carboxylic acids is 2. The Hall–Kier alpha value is -1.44. The number of hydrogen-bond donors (Lipinski definition) is 3. The Morgan fingerprint density at radius 2 is 1.95 bits per heavy atom. The fourth-order valence-electron chi connectivity index (χ4n) is 1.71. The molecule has 8 heteroatoms. The van der Waals surface area contributed by atoms with Crippen LogP contribution in [0.2, 0.25) is 0 Å². The molecule has 0 saturated carbocycles. The molecule has 1 heterocycles. The first-order chi connectivity index (χ1) is 9.00. The molecule has 0 radical (unpaired) electrons. The number of nitrogens with zero attached hydrogens (tertiary/aromatic N) is 1. The summed E-state index contributed by atoms with van der Waals surface area (Å²) in [5, 5.41) is 19.9. The second-order valence-electron chi connectivity index (χ2n) is 4.23. The first kappa shape index (κ1) is 15.6. The Balaban J connectivity index is 2.49. The van der Waals surface area contributed by atoms with Crippen LogP contribution in [0.25, 0.3) is 0 Å². The third kappa shape index (κ3) is 5.82. The number of amides is 2. The van der Waals surface area contributed by atoms with Crippen molar-refractivity contribution in [1.82, 2.24) is 10.2 Å². The maximum atomic E-state index is 11.9. The van der Waals surface area contributed by atoms with Gasteiger partial charge in [-0.3, -0.25) is 4.79 Å². The second-order valence-corrected chi connectivity index (χ2v) is 5.45. The molecule has 0 aromatic heterocycles. The van der Waals surface area contributed by atoms with Crippen molar-refractivity contribution in [3.63, 3.8) is 0 Å². The molecule has 108 valence electrons. The van der Waals surface area contributed by atoms with Crippen molar-refractivity contribution in [3.8, 4) is 0 Å². The van der Waals surface area contributed by atoms with Gasteiger partial charge in [-0.15, -0.1) is 0 Å². The molecule has 19 heavy (non-hydrogen) atoms. The largest absolute Gasteiger partial charge is 0.481 e. The Morgan fingerprint density at radius 3 is 2.58 bits per heavy atom. The van der Waals surface area contributed by atoms with E-state index >= 15 is 0 Å². The van der Waals surface area contributed by atoms with E-state index in [1.807, 2.05) is 0 Å². The van der Waals surface area contributed by atoms with Gasteiger partial charge in [0.15, 0.2) is 0 Å². The predicted octanol–water partition coefficient (Wildman–Crippen LogP) is 0.453. The summed E-state index contributed by atoms with van der Waals surface area (Å²) in [6.45, 7) is 1.19. The molecule has 0 aromatic carbocycles. The van der Waals surface area contributed by atoms with E-state index in [1.165, 1.54) is 0 Å². The van der Waals surface area contributed by atoms with Gasteiger partial charge in [0.1, 0.15) is 6.04 Å². The highest BCUT2D eigenvalue weighted by Crippen LogP contribution is 2.10. The molecule has 0 spiro atoms. The molecule has 0 aliphatic carbocycles. The third-order valence-electron chi connectivity index (χ3n) is 2.75. The minimum atomic E-state index is -1.21. The van der Waals surface area contributed by atoms with Gasteiger partial charge in [-0.1, -0.05) is 0 Å². The van der Waals surface area contributed by atoms with E-state index in [0.717, 1.165) is 17.9 Å². The molecule has 0 aromatic rings.